The number of carbonyl (C=O) groups is 1. The van der Waals surface area contributed by atoms with E-state index < -0.39 is 0 Å². The molecule has 0 spiro atoms. The van der Waals surface area contributed by atoms with E-state index in [4.69, 9.17) is 4.98 Å². The summed E-state index contributed by atoms with van der Waals surface area (Å²) in [7, 11) is 0. The number of likely N-dealkylation sites (tertiary alicyclic amines) is 1. The van der Waals surface area contributed by atoms with Crippen LogP contribution in [0.4, 0.5) is 0 Å². The summed E-state index contributed by atoms with van der Waals surface area (Å²) in [5, 5.41) is 4.37. The fourth-order valence-electron chi connectivity index (χ4n) is 4.57. The van der Waals surface area contributed by atoms with Crippen LogP contribution in [-0.4, -0.2) is 43.2 Å². The Kier molecular flexibility index (Phi) is 3.58. The third-order valence-corrected chi connectivity index (χ3v) is 5.85. The minimum absolute atomic E-state index is 0.152. The highest BCUT2D eigenvalue weighted by Crippen LogP contribution is 2.30. The molecule has 134 valence electrons. The molecular weight excluding hydrogens is 326 g/mol. The predicted molar refractivity (Wildman–Crippen MR) is 99.2 cm³/mol. The van der Waals surface area contributed by atoms with Crippen molar-refractivity contribution >= 4 is 16.9 Å². The van der Waals surface area contributed by atoms with Crippen LogP contribution in [0.1, 0.15) is 47.2 Å². The molecule has 0 atom stereocenters. The van der Waals surface area contributed by atoms with Crippen LogP contribution in [0.5, 0.6) is 0 Å². The third-order valence-electron chi connectivity index (χ3n) is 5.85. The van der Waals surface area contributed by atoms with Crippen molar-refractivity contribution in [2.24, 2.45) is 0 Å². The summed E-state index contributed by atoms with van der Waals surface area (Å²) in [5.41, 5.74) is 4.18. The number of aromatic nitrogens is 4. The van der Waals surface area contributed by atoms with E-state index in [-0.39, 0.29) is 5.91 Å². The topological polar surface area (TPSA) is 56.0 Å². The molecule has 0 bridgehead atoms. The molecule has 2 aromatic heterocycles. The summed E-state index contributed by atoms with van der Waals surface area (Å²) < 4.78 is 4.34. The van der Waals surface area contributed by atoms with Gasteiger partial charge in [-0.15, -0.1) is 0 Å². The number of benzene rings is 1. The van der Waals surface area contributed by atoms with Gasteiger partial charge >= 0.3 is 0 Å². The largest absolute Gasteiger partial charge is 0.338 e. The minimum atomic E-state index is 0.152. The molecule has 0 radical (unpaired) electrons. The lowest BCUT2D eigenvalue weighted by atomic mass is 10.0. The molecule has 0 unspecified atom stereocenters. The number of imidazole rings is 1. The van der Waals surface area contributed by atoms with Crippen molar-refractivity contribution in [3.05, 3.63) is 47.5 Å². The Labute approximate surface area is 152 Å². The van der Waals surface area contributed by atoms with Crippen molar-refractivity contribution in [1.29, 1.82) is 0 Å². The van der Waals surface area contributed by atoms with Gasteiger partial charge in [-0.05, 0) is 44.7 Å². The SMILES string of the molecule is Cc1nc2ccccc2n1C1CCN(C(=O)c2cnn3c2CCC3)CC1. The van der Waals surface area contributed by atoms with Crippen molar-refractivity contribution < 1.29 is 4.79 Å². The Morgan fingerprint density at radius 2 is 1.96 bits per heavy atom. The molecule has 26 heavy (non-hydrogen) atoms. The van der Waals surface area contributed by atoms with Crippen LogP contribution in [0, 0.1) is 6.92 Å². The summed E-state index contributed by atoms with van der Waals surface area (Å²) in [6, 6.07) is 8.72. The first-order chi connectivity index (χ1) is 12.7. The summed E-state index contributed by atoms with van der Waals surface area (Å²) in [4.78, 5) is 19.6. The lowest BCUT2D eigenvalue weighted by molar-refractivity contribution is 0.0694. The molecule has 6 heteroatoms. The molecule has 0 saturated carbocycles. The molecule has 6 nitrogen and oxygen atoms in total. The van der Waals surface area contributed by atoms with Crippen molar-refractivity contribution in [2.45, 2.75) is 45.2 Å². The second-order valence-electron chi connectivity index (χ2n) is 7.37. The second kappa shape index (κ2) is 5.97. The van der Waals surface area contributed by atoms with Crippen molar-refractivity contribution in [3.8, 4) is 0 Å². The Hall–Kier alpha value is -2.63. The monoisotopic (exact) mass is 349 g/mol. The smallest absolute Gasteiger partial charge is 0.257 e. The Bertz CT molecular complexity index is 977. The van der Waals surface area contributed by atoms with Crippen LogP contribution in [0.25, 0.3) is 11.0 Å². The molecule has 1 saturated heterocycles. The van der Waals surface area contributed by atoms with E-state index in [2.05, 4.69) is 34.8 Å². The van der Waals surface area contributed by atoms with Crippen LogP contribution in [-0.2, 0) is 13.0 Å². The Morgan fingerprint density at radius 3 is 2.81 bits per heavy atom. The Morgan fingerprint density at radius 1 is 1.15 bits per heavy atom. The number of fused-ring (bicyclic) bond motifs is 2. The van der Waals surface area contributed by atoms with E-state index >= 15 is 0 Å². The number of rotatable bonds is 2. The predicted octanol–water partition coefficient (Wildman–Crippen LogP) is 2.96. The number of piperidine rings is 1. The zero-order valence-corrected chi connectivity index (χ0v) is 15.1. The van der Waals surface area contributed by atoms with Gasteiger partial charge in [0.1, 0.15) is 5.82 Å². The average Bonchev–Trinajstić information content (AvgIpc) is 3.34. The summed E-state index contributed by atoms with van der Waals surface area (Å²) in [6.45, 7) is 4.60. The van der Waals surface area contributed by atoms with Gasteiger partial charge < -0.3 is 9.47 Å². The van der Waals surface area contributed by atoms with Crippen LogP contribution in [0.3, 0.4) is 0 Å². The standard InChI is InChI=1S/C20H23N5O/c1-14-22-17-5-2-3-6-19(17)25(14)15-8-11-23(12-9-15)20(26)16-13-21-24-10-4-7-18(16)24/h2-3,5-6,13,15H,4,7-12H2,1H3. The summed E-state index contributed by atoms with van der Waals surface area (Å²) >= 11 is 0. The summed E-state index contributed by atoms with van der Waals surface area (Å²) in [5.74, 6) is 1.21. The number of para-hydroxylation sites is 2. The molecule has 5 rings (SSSR count). The number of hydrogen-bond acceptors (Lipinski definition) is 3. The van der Waals surface area contributed by atoms with Gasteiger partial charge in [0.25, 0.3) is 5.91 Å². The normalized spacial score (nSPS) is 17.8. The molecule has 1 aromatic carbocycles. The van der Waals surface area contributed by atoms with Crippen molar-refractivity contribution in [2.75, 3.05) is 13.1 Å². The van der Waals surface area contributed by atoms with Crippen LogP contribution in [0.2, 0.25) is 0 Å². The van der Waals surface area contributed by atoms with E-state index in [1.807, 2.05) is 15.6 Å². The molecule has 2 aliphatic heterocycles. The van der Waals surface area contributed by atoms with E-state index in [0.717, 1.165) is 67.9 Å². The van der Waals surface area contributed by atoms with Crippen molar-refractivity contribution in [3.63, 3.8) is 0 Å². The van der Waals surface area contributed by atoms with Gasteiger partial charge in [-0.25, -0.2) is 4.98 Å². The minimum Gasteiger partial charge on any atom is -0.338 e. The number of hydrogen-bond donors (Lipinski definition) is 0. The second-order valence-corrected chi connectivity index (χ2v) is 7.37. The highest BCUT2D eigenvalue weighted by molar-refractivity contribution is 5.95. The lowest BCUT2D eigenvalue weighted by Crippen LogP contribution is -2.39. The highest BCUT2D eigenvalue weighted by Gasteiger charge is 2.29. The fourth-order valence-corrected chi connectivity index (χ4v) is 4.57. The number of nitrogens with zero attached hydrogens (tertiary/aromatic N) is 5. The first kappa shape index (κ1) is 15.6. The fraction of sp³-hybridized carbons (Fsp3) is 0.450. The lowest BCUT2D eigenvalue weighted by Gasteiger charge is -2.33. The van der Waals surface area contributed by atoms with E-state index in [0.29, 0.717) is 6.04 Å². The zero-order chi connectivity index (χ0) is 17.7. The van der Waals surface area contributed by atoms with Gasteiger partial charge in [0.2, 0.25) is 0 Å². The molecule has 1 amide bonds. The average molecular weight is 349 g/mol. The maximum Gasteiger partial charge on any atom is 0.257 e. The molecular formula is C20H23N5O. The maximum absolute atomic E-state index is 12.9. The van der Waals surface area contributed by atoms with Crippen molar-refractivity contribution in [1.82, 2.24) is 24.2 Å². The molecule has 0 N–H and O–H groups in total. The molecule has 0 aliphatic carbocycles. The molecule has 2 aliphatic rings. The highest BCUT2D eigenvalue weighted by atomic mass is 16.2. The molecule has 3 aromatic rings. The molecule has 4 heterocycles. The van der Waals surface area contributed by atoms with Gasteiger partial charge in [0, 0.05) is 25.7 Å². The first-order valence-corrected chi connectivity index (χ1v) is 9.50. The van der Waals surface area contributed by atoms with Gasteiger partial charge in [-0.3, -0.25) is 9.48 Å². The summed E-state index contributed by atoms with van der Waals surface area (Å²) in [6.07, 6.45) is 5.76. The quantitative estimate of drug-likeness (QED) is 0.715. The zero-order valence-electron chi connectivity index (χ0n) is 15.1. The number of aryl methyl sites for hydroxylation is 2. The number of carbonyl (C=O) groups excluding carboxylic acids is 1. The van der Waals surface area contributed by atoms with Gasteiger partial charge in [-0.1, -0.05) is 12.1 Å². The Balaban J connectivity index is 1.34. The maximum atomic E-state index is 12.9. The van der Waals surface area contributed by atoms with Crippen LogP contribution >= 0.6 is 0 Å². The van der Waals surface area contributed by atoms with Crippen LogP contribution in [0.15, 0.2) is 30.5 Å². The van der Waals surface area contributed by atoms with Gasteiger partial charge in [0.05, 0.1) is 28.5 Å². The number of amides is 1. The van der Waals surface area contributed by atoms with Gasteiger partial charge in [0.15, 0.2) is 0 Å². The third kappa shape index (κ3) is 2.35. The molecule has 1 fully saturated rings. The van der Waals surface area contributed by atoms with Crippen LogP contribution < -0.4 is 0 Å². The van der Waals surface area contributed by atoms with E-state index in [1.165, 1.54) is 5.52 Å². The first-order valence-electron chi connectivity index (χ1n) is 9.50. The van der Waals surface area contributed by atoms with E-state index in [1.54, 1.807) is 6.20 Å². The van der Waals surface area contributed by atoms with E-state index in [9.17, 15) is 4.79 Å². The van der Waals surface area contributed by atoms with Gasteiger partial charge in [-0.2, -0.15) is 5.10 Å².